The van der Waals surface area contributed by atoms with Gasteiger partial charge in [-0.1, -0.05) is 15.9 Å². The van der Waals surface area contributed by atoms with Crippen LogP contribution in [0.4, 0.5) is 13.2 Å². The molecule has 2 aromatic carbocycles. The first-order valence-corrected chi connectivity index (χ1v) is 6.78. The molecule has 0 radical (unpaired) electrons. The van der Waals surface area contributed by atoms with Crippen LogP contribution in [-0.4, -0.2) is 11.9 Å². The predicted molar refractivity (Wildman–Crippen MR) is 74.9 cm³/mol. The average molecular weight is 359 g/mol. The van der Waals surface area contributed by atoms with E-state index in [1.165, 1.54) is 19.1 Å². The topological polar surface area (TPSA) is 26.3 Å². The Hall–Kier alpha value is -1.82. The summed E-state index contributed by atoms with van der Waals surface area (Å²) in [5.74, 6) is -2.80. The molecule has 0 aromatic heterocycles. The number of carbonyl (C=O) groups excluding carboxylic acids is 1. The summed E-state index contributed by atoms with van der Waals surface area (Å²) in [6.07, 6.45) is -1.04. The van der Waals surface area contributed by atoms with Crippen LogP contribution in [0.5, 0.6) is 5.75 Å². The maximum absolute atomic E-state index is 13.5. The van der Waals surface area contributed by atoms with Crippen molar-refractivity contribution in [2.24, 2.45) is 0 Å². The van der Waals surface area contributed by atoms with Crippen LogP contribution in [0.3, 0.4) is 0 Å². The molecule has 0 amide bonds. The monoisotopic (exact) mass is 358 g/mol. The minimum Gasteiger partial charge on any atom is -0.482 e. The quantitative estimate of drug-likeness (QED) is 0.751. The van der Waals surface area contributed by atoms with Crippen LogP contribution < -0.4 is 4.74 Å². The van der Waals surface area contributed by atoms with E-state index in [2.05, 4.69) is 15.9 Å². The molecule has 0 N–H and O–H groups in total. The molecule has 0 saturated carbocycles. The van der Waals surface area contributed by atoms with Gasteiger partial charge >= 0.3 is 0 Å². The van der Waals surface area contributed by atoms with E-state index in [0.29, 0.717) is 10.5 Å². The van der Waals surface area contributed by atoms with Crippen LogP contribution in [0, 0.1) is 17.5 Å². The lowest BCUT2D eigenvalue weighted by molar-refractivity contribution is 0.0813. The van der Waals surface area contributed by atoms with E-state index in [0.717, 1.165) is 18.2 Å². The van der Waals surface area contributed by atoms with Gasteiger partial charge < -0.3 is 4.74 Å². The first kappa shape index (κ1) is 15.6. The highest BCUT2D eigenvalue weighted by atomic mass is 79.9. The zero-order valence-electron chi connectivity index (χ0n) is 10.9. The molecule has 2 rings (SSSR count). The van der Waals surface area contributed by atoms with Gasteiger partial charge in [0.15, 0.2) is 6.10 Å². The molecular formula is C15H10BrF3O2. The molecular weight excluding hydrogens is 349 g/mol. The van der Waals surface area contributed by atoms with Crippen molar-refractivity contribution in [2.45, 2.75) is 13.0 Å². The Bertz CT molecular complexity index is 668. The van der Waals surface area contributed by atoms with E-state index >= 15 is 0 Å². The van der Waals surface area contributed by atoms with E-state index in [4.69, 9.17) is 4.74 Å². The molecule has 0 heterocycles. The molecule has 6 heteroatoms. The lowest BCUT2D eigenvalue weighted by atomic mass is 10.1. The van der Waals surface area contributed by atoms with Crippen molar-refractivity contribution >= 4 is 21.7 Å². The highest BCUT2D eigenvalue weighted by Crippen LogP contribution is 2.22. The first-order valence-electron chi connectivity index (χ1n) is 5.99. The van der Waals surface area contributed by atoms with Crippen LogP contribution in [0.25, 0.3) is 0 Å². The second kappa shape index (κ2) is 6.30. The number of hydrogen-bond donors (Lipinski definition) is 0. The number of halogens is 4. The lowest BCUT2D eigenvalue weighted by Crippen LogP contribution is -2.25. The average Bonchev–Trinajstić information content (AvgIpc) is 2.36. The minimum atomic E-state index is -1.04. The fourth-order valence-corrected chi connectivity index (χ4v) is 2.21. The van der Waals surface area contributed by atoms with Gasteiger partial charge in [0.1, 0.15) is 23.2 Å². The SMILES string of the molecule is CC(Oc1cc(F)cc(Br)c1)C(=O)c1ccc(F)cc1F. The molecule has 0 spiro atoms. The number of hydrogen-bond acceptors (Lipinski definition) is 2. The third kappa shape index (κ3) is 3.85. The number of Topliss-reactive ketones (excluding diaryl/α,β-unsaturated/α-hetero) is 1. The molecule has 2 aromatic rings. The number of ketones is 1. The van der Waals surface area contributed by atoms with Crippen molar-refractivity contribution in [3.63, 3.8) is 0 Å². The van der Waals surface area contributed by atoms with Gasteiger partial charge in [0.25, 0.3) is 0 Å². The summed E-state index contributed by atoms with van der Waals surface area (Å²) in [6.45, 7) is 1.41. The summed E-state index contributed by atoms with van der Waals surface area (Å²) in [7, 11) is 0. The Balaban J connectivity index is 2.19. The van der Waals surface area contributed by atoms with E-state index < -0.39 is 29.3 Å². The van der Waals surface area contributed by atoms with E-state index in [-0.39, 0.29) is 11.3 Å². The van der Waals surface area contributed by atoms with Gasteiger partial charge in [0.2, 0.25) is 5.78 Å². The minimum absolute atomic E-state index is 0.130. The molecule has 0 bridgehead atoms. The summed E-state index contributed by atoms with van der Waals surface area (Å²) >= 11 is 3.10. The molecule has 110 valence electrons. The fraction of sp³-hybridized carbons (Fsp3) is 0.133. The molecule has 1 unspecified atom stereocenters. The molecule has 0 fully saturated rings. The van der Waals surface area contributed by atoms with E-state index in [1.54, 1.807) is 0 Å². The second-order valence-electron chi connectivity index (χ2n) is 4.35. The third-order valence-electron chi connectivity index (χ3n) is 2.71. The highest BCUT2D eigenvalue weighted by molar-refractivity contribution is 9.10. The number of ether oxygens (including phenoxy) is 1. The summed E-state index contributed by atoms with van der Waals surface area (Å²) in [4.78, 5) is 12.1. The molecule has 0 aliphatic carbocycles. The summed E-state index contributed by atoms with van der Waals surface area (Å²) in [5.41, 5.74) is -0.278. The Labute approximate surface area is 127 Å². The van der Waals surface area contributed by atoms with Crippen LogP contribution in [0.1, 0.15) is 17.3 Å². The van der Waals surface area contributed by atoms with Crippen LogP contribution in [-0.2, 0) is 0 Å². The maximum Gasteiger partial charge on any atom is 0.205 e. The Morgan fingerprint density at radius 3 is 2.43 bits per heavy atom. The van der Waals surface area contributed by atoms with Gasteiger partial charge in [0, 0.05) is 16.6 Å². The first-order chi connectivity index (χ1) is 9.86. The molecule has 2 nitrogen and oxygen atoms in total. The molecule has 0 aliphatic heterocycles. The smallest absolute Gasteiger partial charge is 0.205 e. The molecule has 0 saturated heterocycles. The number of carbonyl (C=O) groups is 1. The van der Waals surface area contributed by atoms with Crippen LogP contribution >= 0.6 is 15.9 Å². The van der Waals surface area contributed by atoms with Gasteiger partial charge in [-0.05, 0) is 31.2 Å². The Morgan fingerprint density at radius 2 is 1.81 bits per heavy atom. The van der Waals surface area contributed by atoms with E-state index in [1.807, 2.05) is 0 Å². The van der Waals surface area contributed by atoms with Crippen molar-refractivity contribution in [1.29, 1.82) is 0 Å². The van der Waals surface area contributed by atoms with Crippen LogP contribution in [0.15, 0.2) is 40.9 Å². The fourth-order valence-electron chi connectivity index (χ4n) is 1.76. The van der Waals surface area contributed by atoms with Crippen molar-refractivity contribution in [1.82, 2.24) is 0 Å². The Kier molecular flexibility index (Phi) is 4.67. The van der Waals surface area contributed by atoms with Gasteiger partial charge in [-0.25, -0.2) is 13.2 Å². The third-order valence-corrected chi connectivity index (χ3v) is 3.17. The summed E-state index contributed by atoms with van der Waals surface area (Å²) in [6, 6.07) is 6.48. The normalized spacial score (nSPS) is 12.0. The van der Waals surface area contributed by atoms with Crippen molar-refractivity contribution in [2.75, 3.05) is 0 Å². The zero-order valence-corrected chi connectivity index (χ0v) is 12.5. The van der Waals surface area contributed by atoms with Gasteiger partial charge in [-0.3, -0.25) is 4.79 Å². The molecule has 1 atom stereocenters. The van der Waals surface area contributed by atoms with Crippen molar-refractivity contribution < 1.29 is 22.7 Å². The zero-order chi connectivity index (χ0) is 15.6. The predicted octanol–water partition coefficient (Wildman–Crippen LogP) is 4.52. The lowest BCUT2D eigenvalue weighted by Gasteiger charge is -2.14. The van der Waals surface area contributed by atoms with Gasteiger partial charge in [-0.2, -0.15) is 0 Å². The van der Waals surface area contributed by atoms with Crippen molar-refractivity contribution in [3.8, 4) is 5.75 Å². The molecule has 21 heavy (non-hydrogen) atoms. The summed E-state index contributed by atoms with van der Waals surface area (Å²) in [5, 5.41) is 0. The second-order valence-corrected chi connectivity index (χ2v) is 5.27. The van der Waals surface area contributed by atoms with Crippen molar-refractivity contribution in [3.05, 3.63) is 63.9 Å². The standard InChI is InChI=1S/C15H10BrF3O2/c1-8(21-12-5-9(16)4-11(18)6-12)15(20)13-3-2-10(17)7-14(13)19/h2-8H,1H3. The Morgan fingerprint density at radius 1 is 1.10 bits per heavy atom. The van der Waals surface area contributed by atoms with Crippen LogP contribution in [0.2, 0.25) is 0 Å². The summed E-state index contributed by atoms with van der Waals surface area (Å²) < 4.78 is 45.3. The van der Waals surface area contributed by atoms with Gasteiger partial charge in [0.05, 0.1) is 5.56 Å². The number of benzene rings is 2. The van der Waals surface area contributed by atoms with Gasteiger partial charge in [-0.15, -0.1) is 0 Å². The number of rotatable bonds is 4. The highest BCUT2D eigenvalue weighted by Gasteiger charge is 2.21. The maximum atomic E-state index is 13.5. The molecule has 0 aliphatic rings. The van der Waals surface area contributed by atoms with E-state index in [9.17, 15) is 18.0 Å². The largest absolute Gasteiger partial charge is 0.482 e.